The lowest BCUT2D eigenvalue weighted by Gasteiger charge is -2.26. The normalized spacial score (nSPS) is 13.8. The highest BCUT2D eigenvalue weighted by Gasteiger charge is 2.38. The predicted octanol–water partition coefficient (Wildman–Crippen LogP) is 5.74. The summed E-state index contributed by atoms with van der Waals surface area (Å²) >= 11 is 0. The van der Waals surface area contributed by atoms with Gasteiger partial charge in [-0.25, -0.2) is 13.3 Å². The van der Waals surface area contributed by atoms with E-state index >= 15 is 0 Å². The van der Waals surface area contributed by atoms with Crippen molar-refractivity contribution in [3.8, 4) is 0 Å². The summed E-state index contributed by atoms with van der Waals surface area (Å²) in [6.07, 6.45) is 0. The van der Waals surface area contributed by atoms with Crippen LogP contribution in [0.5, 0.6) is 0 Å². The first kappa shape index (κ1) is 29.6. The molecule has 47 heavy (non-hydrogen) atoms. The molecule has 7 rings (SSSR count). The Hall–Kier alpha value is -6.07. The minimum atomic E-state index is -4.20. The van der Waals surface area contributed by atoms with Crippen LogP contribution in [-0.4, -0.2) is 46.1 Å². The summed E-state index contributed by atoms with van der Waals surface area (Å²) in [6, 6.07) is 32.2. The molecular formula is C36H26N4O6S. The molecule has 0 unspecified atom stereocenters. The summed E-state index contributed by atoms with van der Waals surface area (Å²) in [5.41, 5.74) is 4.07. The molecule has 11 heteroatoms. The summed E-state index contributed by atoms with van der Waals surface area (Å²) < 4.78 is 27.0. The Morgan fingerprint density at radius 1 is 0.532 bits per heavy atom. The summed E-state index contributed by atoms with van der Waals surface area (Å²) in [7, 11) is -0.257. The minimum Gasteiger partial charge on any atom is -0.378 e. The molecule has 0 saturated carbocycles. The number of amides is 4. The zero-order chi connectivity index (χ0) is 33.0. The largest absolute Gasteiger partial charge is 0.378 e. The Morgan fingerprint density at radius 2 is 1.02 bits per heavy atom. The van der Waals surface area contributed by atoms with E-state index < -0.39 is 33.5 Å². The number of hydrogen-bond acceptors (Lipinski definition) is 8. The highest BCUT2D eigenvalue weighted by atomic mass is 32.2. The molecule has 0 spiro atoms. The molecule has 1 N–H and O–H groups in total. The summed E-state index contributed by atoms with van der Waals surface area (Å²) in [4.78, 5) is 55.7. The molecule has 5 aromatic carbocycles. The Morgan fingerprint density at radius 3 is 1.64 bits per heavy atom. The molecule has 2 aliphatic rings. The van der Waals surface area contributed by atoms with Gasteiger partial charge in [0.2, 0.25) is 9.84 Å². The van der Waals surface area contributed by atoms with Crippen LogP contribution in [0.1, 0.15) is 41.4 Å². The van der Waals surface area contributed by atoms with Gasteiger partial charge in [0.05, 0.1) is 37.7 Å². The maximum atomic E-state index is 13.6. The van der Waals surface area contributed by atoms with Gasteiger partial charge in [0.15, 0.2) is 0 Å². The summed E-state index contributed by atoms with van der Waals surface area (Å²) in [5.74, 6) is -2.52. The number of carbonyl (C=O) groups excluding carboxylic acids is 4. The van der Waals surface area contributed by atoms with Gasteiger partial charge in [0.1, 0.15) is 0 Å². The number of nitrogens with one attached hydrogen (secondary N) is 1. The summed E-state index contributed by atoms with van der Waals surface area (Å²) in [5, 5.41) is 2.13. The molecule has 0 radical (unpaired) electrons. The van der Waals surface area contributed by atoms with Crippen molar-refractivity contribution in [1.29, 1.82) is 0 Å². The Bertz CT molecular complexity index is 2230. The van der Waals surface area contributed by atoms with Crippen LogP contribution in [0, 0.1) is 0 Å². The lowest BCUT2D eigenvalue weighted by Crippen LogP contribution is -2.29. The lowest BCUT2D eigenvalue weighted by atomic mass is 10.1. The van der Waals surface area contributed by atoms with E-state index in [2.05, 4.69) is 10.2 Å². The highest BCUT2D eigenvalue weighted by molar-refractivity contribution is 7.91. The average Bonchev–Trinajstić information content (AvgIpc) is 3.51. The third-order valence-corrected chi connectivity index (χ3v) is 9.94. The van der Waals surface area contributed by atoms with E-state index in [0.29, 0.717) is 5.69 Å². The van der Waals surface area contributed by atoms with Crippen LogP contribution < -0.4 is 20.0 Å². The number of nitrogens with zero attached hydrogens (tertiary/aromatic N) is 3. The first-order valence-electron chi connectivity index (χ1n) is 14.5. The fourth-order valence-electron chi connectivity index (χ4n) is 5.75. The third-order valence-electron chi connectivity index (χ3n) is 8.19. The van der Waals surface area contributed by atoms with E-state index in [1.807, 2.05) is 85.7 Å². The van der Waals surface area contributed by atoms with Crippen LogP contribution in [0.3, 0.4) is 0 Å². The van der Waals surface area contributed by atoms with Crippen LogP contribution in [0.25, 0.3) is 0 Å². The zero-order valence-corrected chi connectivity index (χ0v) is 26.0. The van der Waals surface area contributed by atoms with Crippen molar-refractivity contribution in [2.24, 2.45) is 0 Å². The van der Waals surface area contributed by atoms with E-state index in [-0.39, 0.29) is 32.0 Å². The van der Waals surface area contributed by atoms with Crippen molar-refractivity contribution in [2.45, 2.75) is 9.79 Å². The molecule has 0 saturated heterocycles. The number of para-hydroxylation sites is 1. The van der Waals surface area contributed by atoms with Crippen molar-refractivity contribution >= 4 is 61.9 Å². The molecule has 0 aromatic heterocycles. The third kappa shape index (κ3) is 4.93. The summed E-state index contributed by atoms with van der Waals surface area (Å²) in [6.45, 7) is 0. The van der Waals surface area contributed by atoms with E-state index in [9.17, 15) is 27.6 Å². The second kappa shape index (κ2) is 11.1. The van der Waals surface area contributed by atoms with Crippen molar-refractivity contribution < 1.29 is 27.6 Å². The van der Waals surface area contributed by atoms with E-state index in [0.717, 1.165) is 33.7 Å². The second-order valence-electron chi connectivity index (χ2n) is 11.2. The minimum absolute atomic E-state index is 0.0467. The molecule has 0 bridgehead atoms. The Labute approximate surface area is 270 Å². The quantitative estimate of drug-likeness (QED) is 0.223. The van der Waals surface area contributed by atoms with Gasteiger partial charge in [-0.15, -0.1) is 0 Å². The standard InChI is InChI=1S/C36H26N4O6S/c1-38(2)22-8-10-24(11-9-22)39(23-6-4-3-5-7-23)25-12-14-26(15-13-25)40-35(43)30-19-17-28(21-32(30)36(40)44)47(45,46)27-16-18-29-31(20-27)34(42)37-33(29)41/h3-21H,1-2H3,(H,37,41,42). The Kier molecular flexibility index (Phi) is 6.98. The first-order valence-corrected chi connectivity index (χ1v) is 16.0. The molecular weight excluding hydrogens is 616 g/mol. The smallest absolute Gasteiger partial charge is 0.266 e. The number of anilines is 5. The molecule has 0 atom stereocenters. The van der Waals surface area contributed by atoms with Crippen molar-refractivity contribution in [3.63, 3.8) is 0 Å². The topological polar surface area (TPSA) is 124 Å². The van der Waals surface area contributed by atoms with Crippen molar-refractivity contribution in [2.75, 3.05) is 28.8 Å². The maximum Gasteiger partial charge on any atom is 0.266 e. The molecule has 4 amide bonds. The highest BCUT2D eigenvalue weighted by Crippen LogP contribution is 2.38. The van der Waals surface area contributed by atoms with E-state index in [4.69, 9.17) is 0 Å². The van der Waals surface area contributed by atoms with Crippen molar-refractivity contribution in [1.82, 2.24) is 5.32 Å². The fraction of sp³-hybridized carbons (Fsp3) is 0.0556. The molecule has 0 aliphatic carbocycles. The molecule has 232 valence electrons. The van der Waals surface area contributed by atoms with Crippen LogP contribution in [0.4, 0.5) is 28.4 Å². The predicted molar refractivity (Wildman–Crippen MR) is 177 cm³/mol. The van der Waals surface area contributed by atoms with Gasteiger partial charge in [-0.1, -0.05) is 18.2 Å². The number of sulfone groups is 1. The second-order valence-corrected chi connectivity index (χ2v) is 13.2. The monoisotopic (exact) mass is 642 g/mol. The fourth-order valence-corrected chi connectivity index (χ4v) is 7.06. The van der Waals surface area contributed by atoms with Crippen LogP contribution in [0.2, 0.25) is 0 Å². The van der Waals surface area contributed by atoms with Crippen LogP contribution in [0.15, 0.2) is 125 Å². The molecule has 10 nitrogen and oxygen atoms in total. The number of imide groups is 2. The van der Waals surface area contributed by atoms with E-state index in [1.54, 1.807) is 12.1 Å². The maximum absolute atomic E-state index is 13.6. The number of rotatable bonds is 7. The number of benzene rings is 5. The van der Waals surface area contributed by atoms with Gasteiger partial charge in [-0.2, -0.15) is 0 Å². The average molecular weight is 643 g/mol. The van der Waals surface area contributed by atoms with Gasteiger partial charge in [0, 0.05) is 36.8 Å². The van der Waals surface area contributed by atoms with Gasteiger partial charge >= 0.3 is 0 Å². The van der Waals surface area contributed by atoms with Crippen LogP contribution >= 0.6 is 0 Å². The number of fused-ring (bicyclic) bond motifs is 2. The van der Waals surface area contributed by atoms with E-state index in [1.165, 1.54) is 30.3 Å². The van der Waals surface area contributed by atoms with Gasteiger partial charge in [-0.3, -0.25) is 24.5 Å². The number of carbonyl (C=O) groups is 4. The van der Waals surface area contributed by atoms with Gasteiger partial charge < -0.3 is 9.80 Å². The lowest BCUT2D eigenvalue weighted by molar-refractivity contribution is 0.0874. The molecule has 2 heterocycles. The number of hydrogen-bond donors (Lipinski definition) is 1. The Balaban J connectivity index is 1.19. The molecule has 0 fully saturated rings. The van der Waals surface area contributed by atoms with Gasteiger partial charge in [0.25, 0.3) is 23.6 Å². The molecule has 2 aliphatic heterocycles. The van der Waals surface area contributed by atoms with Crippen molar-refractivity contribution in [3.05, 3.63) is 138 Å². The first-order chi connectivity index (χ1) is 22.5. The zero-order valence-electron chi connectivity index (χ0n) is 25.2. The SMILES string of the molecule is CN(C)c1ccc(N(c2ccccc2)c2ccc(N3C(=O)c4ccc(S(=O)(=O)c5ccc6c(c5)C(=O)NC6=O)cc4C3=O)cc2)cc1. The molecule has 5 aromatic rings. The van der Waals surface area contributed by atoms with Gasteiger partial charge in [-0.05, 0) is 97.1 Å². The van der Waals surface area contributed by atoms with Crippen LogP contribution in [-0.2, 0) is 9.84 Å².